The van der Waals surface area contributed by atoms with E-state index in [1.807, 2.05) is 13.0 Å². The zero-order valence-electron chi connectivity index (χ0n) is 20.5. The van der Waals surface area contributed by atoms with Gasteiger partial charge in [-0.1, -0.05) is 46.1 Å². The molecular weight excluding hydrogens is 370 g/mol. The summed E-state index contributed by atoms with van der Waals surface area (Å²) in [5, 5.41) is 0. The molecule has 6 atom stereocenters. The van der Waals surface area contributed by atoms with Gasteiger partial charge in [-0.2, -0.15) is 0 Å². The standard InChI is InChI=1S/C27H47NO2/c1-7-21(18-30-24(8-2)16-20(5)26(28)9-3)11-13-25-19(4)10-12-22-17-23(29)14-15-27(22,25)6/h8,16,19,21-22,25-26H,7,9-15,17-18,28H2,1-6H3/b20-16+,24-8+. The van der Waals surface area contributed by atoms with Crippen molar-refractivity contribution in [2.45, 2.75) is 105 Å². The maximum atomic E-state index is 12.0. The van der Waals surface area contributed by atoms with E-state index in [9.17, 15) is 4.79 Å². The van der Waals surface area contributed by atoms with E-state index in [-0.39, 0.29) is 6.04 Å². The van der Waals surface area contributed by atoms with Crippen LogP contribution < -0.4 is 5.73 Å². The first-order valence-electron chi connectivity index (χ1n) is 12.5. The van der Waals surface area contributed by atoms with Crippen LogP contribution in [0, 0.1) is 29.1 Å². The molecule has 3 nitrogen and oxygen atoms in total. The van der Waals surface area contributed by atoms with Crippen LogP contribution in [0.5, 0.6) is 0 Å². The van der Waals surface area contributed by atoms with Crippen molar-refractivity contribution in [1.29, 1.82) is 0 Å². The fourth-order valence-electron chi connectivity index (χ4n) is 5.97. The third-order valence-corrected chi connectivity index (χ3v) is 8.48. The molecule has 30 heavy (non-hydrogen) atoms. The zero-order chi connectivity index (χ0) is 22.3. The second kappa shape index (κ2) is 11.5. The third-order valence-electron chi connectivity index (χ3n) is 8.48. The Morgan fingerprint density at radius 3 is 2.67 bits per heavy atom. The van der Waals surface area contributed by atoms with Crippen LogP contribution in [0.15, 0.2) is 23.5 Å². The highest BCUT2D eigenvalue weighted by atomic mass is 16.5. The Morgan fingerprint density at radius 2 is 2.03 bits per heavy atom. The van der Waals surface area contributed by atoms with E-state index in [1.54, 1.807) is 0 Å². The number of ether oxygens (including phenoxy) is 1. The molecule has 6 unspecified atom stereocenters. The van der Waals surface area contributed by atoms with E-state index in [2.05, 4.69) is 40.7 Å². The van der Waals surface area contributed by atoms with Crippen molar-refractivity contribution in [3.05, 3.63) is 23.5 Å². The van der Waals surface area contributed by atoms with Crippen LogP contribution in [0.1, 0.15) is 99.3 Å². The molecule has 2 aliphatic rings. The quantitative estimate of drug-likeness (QED) is 0.313. The largest absolute Gasteiger partial charge is 0.494 e. The molecular formula is C27H47NO2. The number of carbonyl (C=O) groups excluding carboxylic acids is 1. The third kappa shape index (κ3) is 6.22. The minimum absolute atomic E-state index is 0.106. The number of fused-ring (bicyclic) bond motifs is 1. The molecule has 0 aliphatic heterocycles. The average Bonchev–Trinajstić information content (AvgIpc) is 2.74. The van der Waals surface area contributed by atoms with Crippen molar-refractivity contribution < 1.29 is 9.53 Å². The van der Waals surface area contributed by atoms with E-state index in [0.29, 0.717) is 23.0 Å². The van der Waals surface area contributed by atoms with Crippen LogP contribution in [-0.2, 0) is 9.53 Å². The van der Waals surface area contributed by atoms with Gasteiger partial charge in [0, 0.05) is 18.9 Å². The summed E-state index contributed by atoms with van der Waals surface area (Å²) in [5.74, 6) is 4.14. The van der Waals surface area contributed by atoms with E-state index >= 15 is 0 Å². The van der Waals surface area contributed by atoms with Crippen LogP contribution in [0.2, 0.25) is 0 Å². The van der Waals surface area contributed by atoms with Gasteiger partial charge in [-0.15, -0.1) is 0 Å². The Hall–Kier alpha value is -1.09. The lowest BCUT2D eigenvalue weighted by atomic mass is 9.51. The van der Waals surface area contributed by atoms with E-state index in [4.69, 9.17) is 10.5 Å². The van der Waals surface area contributed by atoms with Crippen molar-refractivity contribution in [1.82, 2.24) is 0 Å². The predicted molar refractivity (Wildman–Crippen MR) is 127 cm³/mol. The minimum atomic E-state index is 0.106. The summed E-state index contributed by atoms with van der Waals surface area (Å²) in [4.78, 5) is 12.0. The maximum Gasteiger partial charge on any atom is 0.133 e. The summed E-state index contributed by atoms with van der Waals surface area (Å²) in [7, 11) is 0. The highest BCUT2D eigenvalue weighted by Gasteiger charge is 2.48. The summed E-state index contributed by atoms with van der Waals surface area (Å²) < 4.78 is 6.21. The summed E-state index contributed by atoms with van der Waals surface area (Å²) in [6, 6.07) is 0.106. The Bertz CT molecular complexity index is 622. The smallest absolute Gasteiger partial charge is 0.133 e. The number of allylic oxidation sites excluding steroid dienone is 2. The summed E-state index contributed by atoms with van der Waals surface area (Å²) in [5.41, 5.74) is 7.68. The molecule has 0 bridgehead atoms. The lowest BCUT2D eigenvalue weighted by molar-refractivity contribution is -0.130. The molecule has 2 fully saturated rings. The second-order valence-corrected chi connectivity index (χ2v) is 10.4. The van der Waals surface area contributed by atoms with Crippen LogP contribution in [0.3, 0.4) is 0 Å². The number of rotatable bonds is 10. The van der Waals surface area contributed by atoms with Crippen LogP contribution in [-0.4, -0.2) is 18.4 Å². The van der Waals surface area contributed by atoms with Gasteiger partial charge in [0.05, 0.1) is 6.61 Å². The van der Waals surface area contributed by atoms with Gasteiger partial charge in [0.25, 0.3) is 0 Å². The SMILES string of the molecule is C/C=C(\C=C(/C)C(N)CC)OCC(CC)CCC1C(C)CCC2CC(=O)CCC21C. The van der Waals surface area contributed by atoms with Crippen molar-refractivity contribution >= 4 is 5.78 Å². The fraction of sp³-hybridized carbons (Fsp3) is 0.815. The molecule has 0 radical (unpaired) electrons. The monoisotopic (exact) mass is 417 g/mol. The molecule has 0 aromatic rings. The zero-order valence-corrected chi connectivity index (χ0v) is 20.5. The van der Waals surface area contributed by atoms with Crippen molar-refractivity contribution in [3.8, 4) is 0 Å². The molecule has 0 spiro atoms. The van der Waals surface area contributed by atoms with Gasteiger partial charge < -0.3 is 10.5 Å². The fourth-order valence-corrected chi connectivity index (χ4v) is 5.97. The highest BCUT2D eigenvalue weighted by Crippen LogP contribution is 2.56. The predicted octanol–water partition coefficient (Wildman–Crippen LogP) is 6.82. The average molecular weight is 418 g/mol. The Balaban J connectivity index is 1.94. The lowest BCUT2D eigenvalue weighted by Crippen LogP contribution is -2.46. The Morgan fingerprint density at radius 1 is 1.30 bits per heavy atom. The van der Waals surface area contributed by atoms with Gasteiger partial charge in [0.15, 0.2) is 0 Å². The number of carbonyl (C=O) groups is 1. The molecule has 0 aromatic heterocycles. The first-order valence-corrected chi connectivity index (χ1v) is 12.5. The van der Waals surface area contributed by atoms with Gasteiger partial charge in [-0.05, 0) is 87.2 Å². The number of nitrogens with two attached hydrogens (primary N) is 1. The second-order valence-electron chi connectivity index (χ2n) is 10.4. The normalized spacial score (nSPS) is 32.5. The Kier molecular flexibility index (Phi) is 9.66. The van der Waals surface area contributed by atoms with Crippen molar-refractivity contribution in [2.75, 3.05) is 6.61 Å². The van der Waals surface area contributed by atoms with Crippen LogP contribution in [0.25, 0.3) is 0 Å². The van der Waals surface area contributed by atoms with Gasteiger partial charge in [0.1, 0.15) is 11.5 Å². The highest BCUT2D eigenvalue weighted by molar-refractivity contribution is 5.79. The number of hydrogen-bond donors (Lipinski definition) is 1. The molecule has 2 aliphatic carbocycles. The summed E-state index contributed by atoms with van der Waals surface area (Å²) >= 11 is 0. The van der Waals surface area contributed by atoms with Gasteiger partial charge in [0.2, 0.25) is 0 Å². The molecule has 172 valence electrons. The number of Topliss-reactive ketones (excluding diaryl/α,β-unsaturated/α-hetero) is 1. The molecule has 2 saturated carbocycles. The van der Waals surface area contributed by atoms with E-state index in [0.717, 1.165) is 56.3 Å². The molecule has 2 rings (SSSR count). The van der Waals surface area contributed by atoms with Gasteiger partial charge in [-0.25, -0.2) is 0 Å². The van der Waals surface area contributed by atoms with Gasteiger partial charge >= 0.3 is 0 Å². The maximum absolute atomic E-state index is 12.0. The van der Waals surface area contributed by atoms with Crippen LogP contribution in [0.4, 0.5) is 0 Å². The molecule has 3 heteroatoms. The molecule has 0 saturated heterocycles. The van der Waals surface area contributed by atoms with Crippen LogP contribution >= 0.6 is 0 Å². The van der Waals surface area contributed by atoms with E-state index in [1.165, 1.54) is 31.3 Å². The Labute approximate surface area is 185 Å². The van der Waals surface area contributed by atoms with Crippen molar-refractivity contribution in [2.24, 2.45) is 34.8 Å². The molecule has 0 aromatic carbocycles. The first-order chi connectivity index (χ1) is 14.2. The molecule has 2 N–H and O–H groups in total. The van der Waals surface area contributed by atoms with Crippen molar-refractivity contribution in [3.63, 3.8) is 0 Å². The number of hydrogen-bond acceptors (Lipinski definition) is 3. The molecule has 0 heterocycles. The van der Waals surface area contributed by atoms with Gasteiger partial charge in [-0.3, -0.25) is 4.79 Å². The summed E-state index contributed by atoms with van der Waals surface area (Å²) in [6.07, 6.45) is 14.0. The van der Waals surface area contributed by atoms with E-state index < -0.39 is 0 Å². The molecule has 0 amide bonds. The number of ketones is 1. The summed E-state index contributed by atoms with van der Waals surface area (Å²) in [6.45, 7) is 14.2. The first kappa shape index (κ1) is 25.2. The topological polar surface area (TPSA) is 52.3 Å². The lowest BCUT2D eigenvalue weighted by Gasteiger charge is -2.53. The minimum Gasteiger partial charge on any atom is -0.494 e.